The van der Waals surface area contributed by atoms with Crippen molar-refractivity contribution in [1.29, 1.82) is 0 Å². The molecule has 0 aliphatic carbocycles. The molecule has 0 unspecified atom stereocenters. The van der Waals surface area contributed by atoms with Gasteiger partial charge < -0.3 is 9.47 Å². The molecule has 0 saturated carbocycles. The molecule has 152 valence electrons. The molecule has 0 radical (unpaired) electrons. The van der Waals surface area contributed by atoms with Gasteiger partial charge in [-0.3, -0.25) is 9.89 Å². The van der Waals surface area contributed by atoms with Gasteiger partial charge in [0, 0.05) is 34.0 Å². The smallest absolute Gasteiger partial charge is 0.272 e. The Hall–Kier alpha value is -2.87. The molecule has 7 heteroatoms. The Kier molecular flexibility index (Phi) is 4.94. The first-order valence-corrected chi connectivity index (χ1v) is 10.6. The van der Waals surface area contributed by atoms with E-state index in [4.69, 9.17) is 14.5 Å². The minimum atomic E-state index is -0.732. The van der Waals surface area contributed by atoms with Crippen molar-refractivity contribution in [2.75, 3.05) is 13.2 Å². The lowest BCUT2D eigenvalue weighted by Crippen LogP contribution is -2.30. The van der Waals surface area contributed by atoms with Crippen LogP contribution in [0.25, 0.3) is 16.8 Å². The Morgan fingerprint density at radius 1 is 1.07 bits per heavy atom. The lowest BCUT2D eigenvalue weighted by molar-refractivity contribution is -0.140. The Morgan fingerprint density at radius 3 is 2.50 bits per heavy atom. The van der Waals surface area contributed by atoms with Gasteiger partial charge in [0.2, 0.25) is 0 Å². The minimum absolute atomic E-state index is 0.154. The van der Waals surface area contributed by atoms with Gasteiger partial charge in [0.25, 0.3) is 5.56 Å². The number of aromatic amines is 1. The molecule has 2 aromatic carbocycles. The molecule has 2 aromatic heterocycles. The zero-order valence-electron chi connectivity index (χ0n) is 16.5. The van der Waals surface area contributed by atoms with E-state index < -0.39 is 5.79 Å². The van der Waals surface area contributed by atoms with E-state index in [9.17, 15) is 4.79 Å². The van der Waals surface area contributed by atoms with Gasteiger partial charge in [-0.25, -0.2) is 9.50 Å². The fraction of sp³-hybridized carbons (Fsp3) is 0.217. The molecule has 1 N–H and O–H groups in total. The second kappa shape index (κ2) is 7.75. The minimum Gasteiger partial charge on any atom is -0.347 e. The van der Waals surface area contributed by atoms with Crippen LogP contribution in [-0.2, 0) is 15.9 Å². The summed E-state index contributed by atoms with van der Waals surface area (Å²) in [7, 11) is 0. The molecule has 0 bridgehead atoms. The Labute approximate surface area is 177 Å². The van der Waals surface area contributed by atoms with Crippen molar-refractivity contribution in [3.63, 3.8) is 0 Å². The summed E-state index contributed by atoms with van der Waals surface area (Å²) in [6.45, 7) is 2.99. The Bertz CT molecular complexity index is 1230. The molecule has 6 nitrogen and oxygen atoms in total. The van der Waals surface area contributed by atoms with Crippen LogP contribution in [-0.4, -0.2) is 33.6 Å². The number of hydrogen-bond acceptors (Lipinski definition) is 5. The third kappa shape index (κ3) is 3.79. The predicted molar refractivity (Wildman–Crippen MR) is 116 cm³/mol. The van der Waals surface area contributed by atoms with Crippen molar-refractivity contribution in [2.45, 2.75) is 28.9 Å². The number of aromatic nitrogens is 3. The van der Waals surface area contributed by atoms with Gasteiger partial charge in [0.1, 0.15) is 0 Å². The zero-order valence-corrected chi connectivity index (χ0v) is 17.3. The van der Waals surface area contributed by atoms with Gasteiger partial charge >= 0.3 is 0 Å². The third-order valence-electron chi connectivity index (χ3n) is 5.10. The Morgan fingerprint density at radius 2 is 1.77 bits per heavy atom. The van der Waals surface area contributed by atoms with E-state index in [1.54, 1.807) is 11.8 Å². The van der Waals surface area contributed by atoms with Gasteiger partial charge in [-0.2, -0.15) is 0 Å². The number of hydrogen-bond donors (Lipinski definition) is 1. The number of nitrogens with one attached hydrogen (secondary N) is 1. The molecule has 1 fully saturated rings. The molecule has 1 aliphatic rings. The molecule has 3 heterocycles. The fourth-order valence-corrected chi connectivity index (χ4v) is 4.48. The number of nitrogens with zero attached hydrogens (tertiary/aromatic N) is 2. The quantitative estimate of drug-likeness (QED) is 0.526. The molecule has 0 amide bonds. The average Bonchev–Trinajstić information content (AvgIpc) is 3.36. The summed E-state index contributed by atoms with van der Waals surface area (Å²) in [6, 6.07) is 20.1. The molecular formula is C23H21N3O3S. The molecule has 30 heavy (non-hydrogen) atoms. The van der Waals surface area contributed by atoms with E-state index in [0.29, 0.717) is 31.0 Å². The molecule has 4 aromatic rings. The van der Waals surface area contributed by atoms with Gasteiger partial charge in [-0.1, -0.05) is 42.1 Å². The molecule has 0 spiro atoms. The van der Waals surface area contributed by atoms with E-state index >= 15 is 0 Å². The first-order valence-electron chi connectivity index (χ1n) is 9.81. The highest BCUT2D eigenvalue weighted by atomic mass is 32.2. The molecule has 0 atom stereocenters. The monoisotopic (exact) mass is 419 g/mol. The predicted octanol–water partition coefficient (Wildman–Crippen LogP) is 4.15. The van der Waals surface area contributed by atoms with E-state index in [1.165, 1.54) is 15.5 Å². The number of benzene rings is 2. The van der Waals surface area contributed by atoms with Gasteiger partial charge in [-0.15, -0.1) is 0 Å². The maximum absolute atomic E-state index is 12.6. The standard InChI is InChI=1S/C23H21N3O3S/c1-23(28-11-12-29-23)14-17-13-21(27)26-22(25-17)20(15-24-26)16-7-9-19(10-8-16)30-18-5-3-2-4-6-18/h2-10,13,15,24H,11-12,14H2,1H3. The average molecular weight is 420 g/mol. The van der Waals surface area contributed by atoms with Crippen LogP contribution in [0.1, 0.15) is 12.6 Å². The van der Waals surface area contributed by atoms with Crippen molar-refractivity contribution in [3.05, 3.63) is 82.9 Å². The highest BCUT2D eigenvalue weighted by Crippen LogP contribution is 2.31. The van der Waals surface area contributed by atoms with Gasteiger partial charge in [-0.05, 0) is 36.8 Å². The summed E-state index contributed by atoms with van der Waals surface area (Å²) in [5.41, 5.74) is 2.97. The van der Waals surface area contributed by atoms with Crippen molar-refractivity contribution in [2.24, 2.45) is 0 Å². The Balaban J connectivity index is 1.46. The fourth-order valence-electron chi connectivity index (χ4n) is 3.65. The number of H-pyrrole nitrogens is 1. The highest BCUT2D eigenvalue weighted by Gasteiger charge is 2.32. The van der Waals surface area contributed by atoms with E-state index in [1.807, 2.05) is 31.3 Å². The molecule has 5 rings (SSSR count). The normalized spacial score (nSPS) is 15.6. The topological polar surface area (TPSA) is 68.6 Å². The highest BCUT2D eigenvalue weighted by molar-refractivity contribution is 7.99. The summed E-state index contributed by atoms with van der Waals surface area (Å²) in [5, 5.41) is 3.01. The number of ether oxygens (including phenoxy) is 2. The van der Waals surface area contributed by atoms with Gasteiger partial charge in [0.05, 0.1) is 18.9 Å². The SMILES string of the molecule is CC1(Cc2cc(=O)n3[nH]cc(-c4ccc(Sc5ccccc5)cc4)c3n2)OCCO1. The largest absolute Gasteiger partial charge is 0.347 e. The summed E-state index contributed by atoms with van der Waals surface area (Å²) >= 11 is 1.71. The van der Waals surface area contributed by atoms with Gasteiger partial charge in [0.15, 0.2) is 11.4 Å². The third-order valence-corrected chi connectivity index (χ3v) is 6.11. The van der Waals surface area contributed by atoms with Crippen LogP contribution in [0.2, 0.25) is 0 Å². The summed E-state index contributed by atoms with van der Waals surface area (Å²) in [4.78, 5) is 19.7. The van der Waals surface area contributed by atoms with Crippen LogP contribution in [0.15, 0.2) is 81.4 Å². The second-order valence-electron chi connectivity index (χ2n) is 7.38. The van der Waals surface area contributed by atoms with Crippen molar-refractivity contribution in [1.82, 2.24) is 14.6 Å². The molecule has 1 saturated heterocycles. The van der Waals surface area contributed by atoms with Crippen LogP contribution >= 0.6 is 11.8 Å². The number of fused-ring (bicyclic) bond motifs is 1. The summed E-state index contributed by atoms with van der Waals surface area (Å²) < 4.78 is 12.8. The zero-order chi connectivity index (χ0) is 20.6. The van der Waals surface area contributed by atoms with E-state index in [2.05, 4.69) is 41.5 Å². The number of rotatable bonds is 5. The van der Waals surface area contributed by atoms with Crippen molar-refractivity contribution < 1.29 is 9.47 Å². The lowest BCUT2D eigenvalue weighted by Gasteiger charge is -2.21. The van der Waals surface area contributed by atoms with Crippen molar-refractivity contribution in [3.8, 4) is 11.1 Å². The second-order valence-corrected chi connectivity index (χ2v) is 8.53. The first-order chi connectivity index (χ1) is 14.6. The lowest BCUT2D eigenvalue weighted by atomic mass is 10.1. The van der Waals surface area contributed by atoms with E-state index in [-0.39, 0.29) is 5.56 Å². The van der Waals surface area contributed by atoms with Crippen LogP contribution in [0.3, 0.4) is 0 Å². The maximum atomic E-state index is 12.6. The molecule has 1 aliphatic heterocycles. The van der Waals surface area contributed by atoms with Crippen LogP contribution in [0.4, 0.5) is 0 Å². The van der Waals surface area contributed by atoms with E-state index in [0.717, 1.165) is 16.0 Å². The van der Waals surface area contributed by atoms with Crippen LogP contribution in [0.5, 0.6) is 0 Å². The summed E-state index contributed by atoms with van der Waals surface area (Å²) in [5.74, 6) is -0.732. The van der Waals surface area contributed by atoms with Crippen LogP contribution < -0.4 is 5.56 Å². The first kappa shape index (κ1) is 19.1. The van der Waals surface area contributed by atoms with Crippen molar-refractivity contribution >= 4 is 17.4 Å². The molecular weight excluding hydrogens is 398 g/mol. The van der Waals surface area contributed by atoms with Crippen LogP contribution in [0, 0.1) is 0 Å². The maximum Gasteiger partial charge on any atom is 0.272 e. The summed E-state index contributed by atoms with van der Waals surface area (Å²) in [6.07, 6.45) is 2.24.